The Bertz CT molecular complexity index is 910. The maximum Gasteiger partial charge on any atom is 0.260 e. The van der Waals surface area contributed by atoms with Crippen LogP contribution >= 0.6 is 0 Å². The van der Waals surface area contributed by atoms with Crippen molar-refractivity contribution in [3.8, 4) is 5.75 Å². The summed E-state index contributed by atoms with van der Waals surface area (Å²) in [5.41, 5.74) is 1.04. The summed E-state index contributed by atoms with van der Waals surface area (Å²) in [5.74, 6) is 0.284. The van der Waals surface area contributed by atoms with E-state index in [4.69, 9.17) is 9.47 Å². The lowest BCUT2D eigenvalue weighted by atomic mass is 10.1. The van der Waals surface area contributed by atoms with E-state index in [1.54, 1.807) is 24.1 Å². The number of amides is 1. The van der Waals surface area contributed by atoms with Crippen molar-refractivity contribution in [2.75, 3.05) is 40.0 Å². The van der Waals surface area contributed by atoms with Gasteiger partial charge in [0.15, 0.2) is 6.61 Å². The lowest BCUT2D eigenvalue weighted by molar-refractivity contribution is -0.134. The lowest BCUT2D eigenvalue weighted by Gasteiger charge is -2.26. The van der Waals surface area contributed by atoms with Crippen LogP contribution < -0.4 is 4.74 Å². The molecule has 1 atom stereocenters. The molecule has 156 valence electrons. The van der Waals surface area contributed by atoms with E-state index in [2.05, 4.69) is 0 Å². The molecule has 1 heterocycles. The second-order valence-corrected chi connectivity index (χ2v) is 8.81. The van der Waals surface area contributed by atoms with E-state index in [-0.39, 0.29) is 23.5 Å². The Hall–Kier alpha value is -2.42. The first-order valence-corrected chi connectivity index (χ1v) is 10.9. The van der Waals surface area contributed by atoms with Crippen LogP contribution in [0.15, 0.2) is 59.5 Å². The predicted octanol–water partition coefficient (Wildman–Crippen LogP) is 2.31. The summed E-state index contributed by atoms with van der Waals surface area (Å²) in [6.07, 6.45) is 0. The monoisotopic (exact) mass is 418 g/mol. The van der Waals surface area contributed by atoms with Crippen LogP contribution in [0, 0.1) is 0 Å². The number of carbonyl (C=O) groups excluding carboxylic acids is 1. The van der Waals surface area contributed by atoms with E-state index in [0.29, 0.717) is 32.1 Å². The predicted molar refractivity (Wildman–Crippen MR) is 109 cm³/mol. The molecule has 1 aliphatic rings. The van der Waals surface area contributed by atoms with Crippen molar-refractivity contribution in [2.24, 2.45) is 0 Å². The summed E-state index contributed by atoms with van der Waals surface area (Å²) >= 11 is 0. The van der Waals surface area contributed by atoms with Gasteiger partial charge >= 0.3 is 0 Å². The Morgan fingerprint density at radius 2 is 1.72 bits per heavy atom. The SMILES string of the molecule is C[C@H](c1ccccc1)N(C)C(=O)COc1ccc(S(=O)(=O)N2CCOCC2)cc1. The molecular formula is C21H26N2O5S. The molecule has 0 aliphatic carbocycles. The van der Waals surface area contributed by atoms with Gasteiger partial charge in [-0.05, 0) is 36.8 Å². The molecule has 3 rings (SSSR count). The molecule has 0 radical (unpaired) electrons. The third-order valence-corrected chi connectivity index (χ3v) is 6.96. The standard InChI is InChI=1S/C21H26N2O5S/c1-17(18-6-4-3-5-7-18)22(2)21(24)16-28-19-8-10-20(11-9-19)29(25,26)23-12-14-27-15-13-23/h3-11,17H,12-16H2,1-2H3/t17-/m1/s1. The summed E-state index contributed by atoms with van der Waals surface area (Å²) in [4.78, 5) is 14.3. The minimum absolute atomic E-state index is 0.0756. The van der Waals surface area contributed by atoms with Crippen LogP contribution in [0.25, 0.3) is 0 Å². The highest BCUT2D eigenvalue weighted by molar-refractivity contribution is 7.89. The third kappa shape index (κ3) is 5.14. The summed E-state index contributed by atoms with van der Waals surface area (Å²) in [6.45, 7) is 3.33. The topological polar surface area (TPSA) is 76.2 Å². The van der Waals surface area contributed by atoms with Gasteiger partial charge in [0.2, 0.25) is 10.0 Å². The van der Waals surface area contributed by atoms with Gasteiger partial charge in [-0.15, -0.1) is 0 Å². The van der Waals surface area contributed by atoms with Gasteiger partial charge < -0.3 is 14.4 Å². The van der Waals surface area contributed by atoms with Crippen LogP contribution in [0.5, 0.6) is 5.75 Å². The van der Waals surface area contributed by atoms with E-state index >= 15 is 0 Å². The average molecular weight is 419 g/mol. The van der Waals surface area contributed by atoms with E-state index in [1.807, 2.05) is 37.3 Å². The van der Waals surface area contributed by atoms with E-state index in [0.717, 1.165) is 5.56 Å². The van der Waals surface area contributed by atoms with Gasteiger partial charge in [0.05, 0.1) is 24.2 Å². The Kier molecular flexibility index (Phi) is 6.89. The Morgan fingerprint density at radius 1 is 1.10 bits per heavy atom. The highest BCUT2D eigenvalue weighted by Gasteiger charge is 2.26. The molecule has 2 aromatic rings. The largest absolute Gasteiger partial charge is 0.484 e. The molecule has 1 fully saturated rings. The van der Waals surface area contributed by atoms with Crippen LogP contribution in [0.3, 0.4) is 0 Å². The van der Waals surface area contributed by atoms with Crippen molar-refractivity contribution >= 4 is 15.9 Å². The van der Waals surface area contributed by atoms with Gasteiger partial charge in [-0.1, -0.05) is 30.3 Å². The first kappa shape index (κ1) is 21.3. The number of benzene rings is 2. The second kappa shape index (κ2) is 9.39. The fraction of sp³-hybridized carbons (Fsp3) is 0.381. The van der Waals surface area contributed by atoms with E-state index in [9.17, 15) is 13.2 Å². The van der Waals surface area contributed by atoms with Crippen LogP contribution in [-0.2, 0) is 19.6 Å². The maximum absolute atomic E-state index is 12.6. The molecule has 1 aliphatic heterocycles. The maximum atomic E-state index is 12.6. The molecule has 1 amide bonds. The second-order valence-electron chi connectivity index (χ2n) is 6.87. The zero-order chi connectivity index (χ0) is 20.9. The van der Waals surface area contributed by atoms with Crippen LogP contribution in [0.4, 0.5) is 0 Å². The average Bonchev–Trinajstić information content (AvgIpc) is 2.78. The molecule has 7 nitrogen and oxygen atoms in total. The highest BCUT2D eigenvalue weighted by Crippen LogP contribution is 2.21. The lowest BCUT2D eigenvalue weighted by Crippen LogP contribution is -2.40. The molecule has 0 spiro atoms. The Labute approximate surface area is 171 Å². The molecule has 0 N–H and O–H groups in total. The van der Waals surface area contributed by atoms with Crippen molar-refractivity contribution < 1.29 is 22.7 Å². The van der Waals surface area contributed by atoms with Gasteiger partial charge in [-0.2, -0.15) is 4.31 Å². The molecule has 1 saturated heterocycles. The number of sulfonamides is 1. The molecule has 2 aromatic carbocycles. The number of ether oxygens (including phenoxy) is 2. The van der Waals surface area contributed by atoms with Gasteiger partial charge in [0, 0.05) is 20.1 Å². The number of likely N-dealkylation sites (N-methyl/N-ethyl adjacent to an activating group) is 1. The normalized spacial score (nSPS) is 16.2. The number of hydrogen-bond donors (Lipinski definition) is 0. The van der Waals surface area contributed by atoms with Gasteiger partial charge in [0.25, 0.3) is 5.91 Å². The molecule has 0 saturated carbocycles. The third-order valence-electron chi connectivity index (χ3n) is 5.05. The van der Waals surface area contributed by atoms with Crippen LogP contribution in [-0.4, -0.2) is 63.5 Å². The summed E-state index contributed by atoms with van der Waals surface area (Å²) in [6, 6.07) is 15.8. The number of hydrogen-bond acceptors (Lipinski definition) is 5. The summed E-state index contributed by atoms with van der Waals surface area (Å²) < 4.78 is 37.5. The smallest absolute Gasteiger partial charge is 0.260 e. The van der Waals surface area contributed by atoms with Crippen molar-refractivity contribution in [3.63, 3.8) is 0 Å². The quantitative estimate of drug-likeness (QED) is 0.690. The molecule has 0 bridgehead atoms. The number of rotatable bonds is 7. The number of nitrogens with zero attached hydrogens (tertiary/aromatic N) is 2. The van der Waals surface area contributed by atoms with Crippen LogP contribution in [0.2, 0.25) is 0 Å². The zero-order valence-electron chi connectivity index (χ0n) is 16.7. The van der Waals surface area contributed by atoms with E-state index in [1.165, 1.54) is 16.4 Å². The van der Waals surface area contributed by atoms with Crippen molar-refractivity contribution in [1.29, 1.82) is 0 Å². The van der Waals surface area contributed by atoms with E-state index < -0.39 is 10.0 Å². The van der Waals surface area contributed by atoms with Crippen molar-refractivity contribution in [2.45, 2.75) is 17.9 Å². The van der Waals surface area contributed by atoms with Crippen LogP contribution in [0.1, 0.15) is 18.5 Å². The molecule has 29 heavy (non-hydrogen) atoms. The number of morpholine rings is 1. The minimum atomic E-state index is -3.54. The molecular weight excluding hydrogens is 392 g/mol. The number of carbonyl (C=O) groups is 1. The Morgan fingerprint density at radius 3 is 2.34 bits per heavy atom. The van der Waals surface area contributed by atoms with Gasteiger partial charge in [-0.3, -0.25) is 4.79 Å². The minimum Gasteiger partial charge on any atom is -0.484 e. The summed E-state index contributed by atoms with van der Waals surface area (Å²) in [5, 5.41) is 0. The Balaban J connectivity index is 1.58. The fourth-order valence-electron chi connectivity index (χ4n) is 3.06. The van der Waals surface area contributed by atoms with Crippen molar-refractivity contribution in [1.82, 2.24) is 9.21 Å². The van der Waals surface area contributed by atoms with Gasteiger partial charge in [-0.25, -0.2) is 8.42 Å². The molecule has 0 unspecified atom stereocenters. The molecule has 0 aromatic heterocycles. The first-order chi connectivity index (χ1) is 13.9. The van der Waals surface area contributed by atoms with Crippen molar-refractivity contribution in [3.05, 3.63) is 60.2 Å². The first-order valence-electron chi connectivity index (χ1n) is 9.51. The molecule has 8 heteroatoms. The zero-order valence-corrected chi connectivity index (χ0v) is 17.5. The highest BCUT2D eigenvalue weighted by atomic mass is 32.2. The summed E-state index contributed by atoms with van der Waals surface area (Å²) in [7, 11) is -1.81. The fourth-order valence-corrected chi connectivity index (χ4v) is 4.47. The van der Waals surface area contributed by atoms with Gasteiger partial charge in [0.1, 0.15) is 5.75 Å².